The Morgan fingerprint density at radius 1 is 1.41 bits per heavy atom. The molecule has 1 atom stereocenters. The van der Waals surface area contributed by atoms with Crippen molar-refractivity contribution in [1.82, 2.24) is 4.90 Å². The first-order valence-electron chi connectivity index (χ1n) is 7.18. The third-order valence-corrected chi connectivity index (χ3v) is 2.77. The summed E-state index contributed by atoms with van der Waals surface area (Å²) in [6.07, 6.45) is 2.06. The van der Waals surface area contributed by atoms with Gasteiger partial charge in [-0.3, -0.25) is 4.90 Å². The molecule has 130 valence electrons. The van der Waals surface area contributed by atoms with Gasteiger partial charge in [-0.25, -0.2) is 4.79 Å². The lowest BCUT2D eigenvalue weighted by Gasteiger charge is -2.26. The standard InChI is InChI=1S/C10H17NO3.C4H7Cl.C2H6O/c1-10(2,3)14-9(13)11-6-4-5-8(11)7-12;1-4(2)3-5;1-3-2/h7-8H,4-6H2,1-3H3;1,3H2,2H3;1-2H3. The highest BCUT2D eigenvalue weighted by Crippen LogP contribution is 2.19. The lowest BCUT2D eigenvalue weighted by molar-refractivity contribution is -0.111. The number of alkyl halides is 1. The van der Waals surface area contributed by atoms with E-state index in [-0.39, 0.29) is 12.1 Å². The smallest absolute Gasteiger partial charge is 0.410 e. The Kier molecular flexibility index (Phi) is 13.2. The van der Waals surface area contributed by atoms with Crippen LogP contribution in [-0.4, -0.2) is 55.6 Å². The van der Waals surface area contributed by atoms with Gasteiger partial charge in [-0.2, -0.15) is 0 Å². The van der Waals surface area contributed by atoms with Crippen LogP contribution in [0.25, 0.3) is 0 Å². The summed E-state index contributed by atoms with van der Waals surface area (Å²) < 4.78 is 9.43. The molecule has 0 aromatic rings. The van der Waals surface area contributed by atoms with Gasteiger partial charge in [-0.1, -0.05) is 12.2 Å². The number of likely N-dealkylation sites (tertiary alicyclic amines) is 1. The fourth-order valence-electron chi connectivity index (χ4n) is 1.48. The van der Waals surface area contributed by atoms with E-state index in [1.807, 2.05) is 27.7 Å². The van der Waals surface area contributed by atoms with Crippen LogP contribution in [0.1, 0.15) is 40.5 Å². The molecule has 6 heteroatoms. The molecule has 0 bridgehead atoms. The molecule has 1 saturated heterocycles. The predicted molar refractivity (Wildman–Crippen MR) is 90.5 cm³/mol. The van der Waals surface area contributed by atoms with Crippen LogP contribution in [0.2, 0.25) is 0 Å². The quantitative estimate of drug-likeness (QED) is 0.439. The van der Waals surface area contributed by atoms with Crippen molar-refractivity contribution in [1.29, 1.82) is 0 Å². The molecule has 1 aliphatic rings. The molecule has 1 rings (SSSR count). The third kappa shape index (κ3) is 12.7. The average molecular weight is 336 g/mol. The molecule has 1 aliphatic heterocycles. The minimum absolute atomic E-state index is 0.287. The van der Waals surface area contributed by atoms with Crippen LogP contribution in [0.15, 0.2) is 12.2 Å². The van der Waals surface area contributed by atoms with E-state index in [0.29, 0.717) is 12.4 Å². The molecule has 1 unspecified atom stereocenters. The number of allylic oxidation sites excluding steroid dienone is 1. The molecular weight excluding hydrogens is 306 g/mol. The van der Waals surface area contributed by atoms with E-state index in [1.54, 1.807) is 14.2 Å². The van der Waals surface area contributed by atoms with E-state index < -0.39 is 5.60 Å². The van der Waals surface area contributed by atoms with Crippen LogP contribution in [0.4, 0.5) is 4.79 Å². The number of methoxy groups -OCH3 is 1. The highest BCUT2D eigenvalue weighted by atomic mass is 35.5. The lowest BCUT2D eigenvalue weighted by atomic mass is 10.2. The van der Waals surface area contributed by atoms with Crippen LogP contribution in [0.5, 0.6) is 0 Å². The highest BCUT2D eigenvalue weighted by Gasteiger charge is 2.31. The zero-order chi connectivity index (χ0) is 17.8. The summed E-state index contributed by atoms with van der Waals surface area (Å²) in [6.45, 7) is 11.5. The van der Waals surface area contributed by atoms with Gasteiger partial charge in [-0.05, 0) is 40.5 Å². The van der Waals surface area contributed by atoms with Gasteiger partial charge in [-0.15, -0.1) is 11.6 Å². The van der Waals surface area contributed by atoms with E-state index in [0.717, 1.165) is 24.7 Å². The van der Waals surface area contributed by atoms with E-state index in [9.17, 15) is 9.59 Å². The average Bonchev–Trinajstić information content (AvgIpc) is 2.86. The van der Waals surface area contributed by atoms with Crippen molar-refractivity contribution in [2.45, 2.75) is 52.2 Å². The Hall–Kier alpha value is -1.07. The van der Waals surface area contributed by atoms with E-state index in [2.05, 4.69) is 11.3 Å². The van der Waals surface area contributed by atoms with Crippen molar-refractivity contribution in [3.63, 3.8) is 0 Å². The van der Waals surface area contributed by atoms with Crippen molar-refractivity contribution >= 4 is 24.0 Å². The lowest BCUT2D eigenvalue weighted by Crippen LogP contribution is -2.40. The molecule has 0 aromatic carbocycles. The summed E-state index contributed by atoms with van der Waals surface area (Å²) in [5.41, 5.74) is 0.527. The number of hydrogen-bond donors (Lipinski definition) is 0. The van der Waals surface area contributed by atoms with Crippen LogP contribution in [0.3, 0.4) is 0 Å². The molecule has 0 aromatic heterocycles. The second kappa shape index (κ2) is 12.5. The number of aldehydes is 1. The SMILES string of the molecule is C=C(C)CCl.CC(C)(C)OC(=O)N1CCCC1C=O.COC. The number of carbonyl (C=O) groups is 2. The number of ether oxygens (including phenoxy) is 2. The summed E-state index contributed by atoms with van der Waals surface area (Å²) in [6, 6.07) is -0.287. The fraction of sp³-hybridized carbons (Fsp3) is 0.750. The maximum absolute atomic E-state index is 11.6. The molecule has 22 heavy (non-hydrogen) atoms. The third-order valence-electron chi connectivity index (χ3n) is 2.31. The first-order valence-corrected chi connectivity index (χ1v) is 7.71. The Labute approximate surface area is 139 Å². The van der Waals surface area contributed by atoms with E-state index >= 15 is 0 Å². The first-order chi connectivity index (χ1) is 10.1. The van der Waals surface area contributed by atoms with Gasteiger partial charge < -0.3 is 14.3 Å². The summed E-state index contributed by atoms with van der Waals surface area (Å²) in [4.78, 5) is 23.7. The molecule has 0 radical (unpaired) electrons. The van der Waals surface area contributed by atoms with Crippen LogP contribution in [-0.2, 0) is 14.3 Å². The molecule has 0 N–H and O–H groups in total. The second-order valence-electron chi connectivity index (χ2n) is 6.02. The molecule has 0 spiro atoms. The van der Waals surface area contributed by atoms with Crippen LogP contribution in [0, 0.1) is 0 Å². The number of carbonyl (C=O) groups excluding carboxylic acids is 2. The van der Waals surface area contributed by atoms with Gasteiger partial charge in [0.1, 0.15) is 11.9 Å². The van der Waals surface area contributed by atoms with E-state index in [4.69, 9.17) is 16.3 Å². The van der Waals surface area contributed by atoms with Gasteiger partial charge >= 0.3 is 6.09 Å². The van der Waals surface area contributed by atoms with Gasteiger partial charge in [0.15, 0.2) is 0 Å². The Balaban J connectivity index is 0. The second-order valence-corrected chi connectivity index (χ2v) is 6.29. The minimum Gasteiger partial charge on any atom is -0.444 e. The summed E-state index contributed by atoms with van der Waals surface area (Å²) in [5, 5.41) is 0. The zero-order valence-corrected chi connectivity index (χ0v) is 15.4. The normalized spacial score (nSPS) is 16.7. The maximum atomic E-state index is 11.6. The number of nitrogens with zero attached hydrogens (tertiary/aromatic N) is 1. The monoisotopic (exact) mass is 335 g/mol. The first kappa shape index (κ1) is 23.2. The zero-order valence-electron chi connectivity index (χ0n) is 14.6. The van der Waals surface area contributed by atoms with Crippen molar-refractivity contribution in [2.75, 3.05) is 26.6 Å². The number of hydrogen-bond acceptors (Lipinski definition) is 4. The number of rotatable bonds is 2. The van der Waals surface area contributed by atoms with Crippen LogP contribution < -0.4 is 0 Å². The largest absolute Gasteiger partial charge is 0.444 e. The molecule has 0 aliphatic carbocycles. The molecular formula is C16H30ClNO4. The van der Waals surface area contributed by atoms with Gasteiger partial charge in [0.25, 0.3) is 0 Å². The Morgan fingerprint density at radius 2 is 1.86 bits per heavy atom. The van der Waals surface area contributed by atoms with Crippen molar-refractivity contribution in [3.8, 4) is 0 Å². The Morgan fingerprint density at radius 3 is 2.18 bits per heavy atom. The maximum Gasteiger partial charge on any atom is 0.410 e. The number of halogens is 1. The summed E-state index contributed by atoms with van der Waals surface area (Å²) in [7, 11) is 3.25. The van der Waals surface area contributed by atoms with Crippen molar-refractivity contribution < 1.29 is 19.1 Å². The fourth-order valence-corrected chi connectivity index (χ4v) is 1.48. The number of amides is 1. The minimum atomic E-state index is -0.493. The molecule has 0 saturated carbocycles. The summed E-state index contributed by atoms with van der Waals surface area (Å²) >= 11 is 5.24. The highest BCUT2D eigenvalue weighted by molar-refractivity contribution is 6.19. The van der Waals surface area contributed by atoms with Crippen LogP contribution >= 0.6 is 11.6 Å². The molecule has 5 nitrogen and oxygen atoms in total. The topological polar surface area (TPSA) is 55.8 Å². The van der Waals surface area contributed by atoms with Gasteiger partial charge in [0, 0.05) is 26.6 Å². The Bertz CT molecular complexity index is 340. The van der Waals surface area contributed by atoms with Gasteiger partial charge in [0.2, 0.25) is 0 Å². The predicted octanol–water partition coefficient (Wildman–Crippen LogP) is 3.65. The summed E-state index contributed by atoms with van der Waals surface area (Å²) in [5.74, 6) is 0.583. The van der Waals surface area contributed by atoms with Gasteiger partial charge in [0.05, 0.1) is 6.04 Å². The van der Waals surface area contributed by atoms with Crippen molar-refractivity contribution in [3.05, 3.63) is 12.2 Å². The van der Waals surface area contributed by atoms with Crippen molar-refractivity contribution in [2.24, 2.45) is 0 Å². The molecule has 1 heterocycles. The molecule has 1 fully saturated rings. The van der Waals surface area contributed by atoms with E-state index in [1.165, 1.54) is 4.90 Å². The molecule has 1 amide bonds.